The van der Waals surface area contributed by atoms with Gasteiger partial charge in [-0.3, -0.25) is 4.79 Å². The van der Waals surface area contributed by atoms with E-state index in [1.165, 1.54) is 0 Å². The first-order valence-corrected chi connectivity index (χ1v) is 8.37. The van der Waals surface area contributed by atoms with E-state index < -0.39 is 0 Å². The van der Waals surface area contributed by atoms with Crippen LogP contribution in [0.5, 0.6) is 0 Å². The fraction of sp³-hybridized carbons (Fsp3) is 0.158. The molecule has 0 bridgehead atoms. The summed E-state index contributed by atoms with van der Waals surface area (Å²) < 4.78 is 5.40. The fourth-order valence-corrected chi connectivity index (χ4v) is 3.14. The van der Waals surface area contributed by atoms with Crippen molar-refractivity contribution in [2.24, 2.45) is 7.05 Å². The first-order valence-electron chi connectivity index (χ1n) is 7.99. The van der Waals surface area contributed by atoms with Crippen LogP contribution in [-0.4, -0.2) is 18.9 Å². The number of halogens is 1. The van der Waals surface area contributed by atoms with Gasteiger partial charge in [0.2, 0.25) is 0 Å². The van der Waals surface area contributed by atoms with Gasteiger partial charge in [-0.15, -0.1) is 0 Å². The van der Waals surface area contributed by atoms with Crippen molar-refractivity contribution in [3.63, 3.8) is 0 Å². The molecule has 0 atom stereocenters. The third-order valence-corrected chi connectivity index (χ3v) is 4.72. The Morgan fingerprint density at radius 2 is 1.84 bits per heavy atom. The molecule has 126 valence electrons. The topological polar surface area (TPSA) is 44.8 Å². The molecule has 0 N–H and O–H groups in total. The maximum absolute atomic E-state index is 12.8. The van der Waals surface area contributed by atoms with Crippen molar-refractivity contribution >= 4 is 22.5 Å². The van der Waals surface area contributed by atoms with Gasteiger partial charge in [0.05, 0.1) is 17.9 Å². The molecule has 4 rings (SSSR count). The predicted molar refractivity (Wildman–Crippen MR) is 99.6 cm³/mol. The molecule has 0 aliphatic heterocycles. The lowest BCUT2D eigenvalue weighted by atomic mass is 10.3. The van der Waals surface area contributed by atoms with Crippen molar-refractivity contribution in [2.75, 3.05) is 0 Å². The lowest BCUT2D eigenvalue weighted by Crippen LogP contribution is -2.22. The second-order valence-electron chi connectivity index (χ2n) is 6.13. The number of benzene rings is 1. The van der Waals surface area contributed by atoms with E-state index in [9.17, 15) is 4.79 Å². The molecule has 0 aliphatic rings. The molecule has 0 saturated heterocycles. The highest BCUT2D eigenvalue weighted by Gasteiger charge is 2.10. The van der Waals surface area contributed by atoms with Crippen LogP contribution in [0, 0.1) is 6.92 Å². The number of aryl methyl sites for hydroxylation is 2. The van der Waals surface area contributed by atoms with Crippen molar-refractivity contribution in [3.05, 3.63) is 81.6 Å². The number of pyridine rings is 1. The SMILES string of the molecule is Cc1cc2ccn(Cc3ccn(-c4ccc(Cl)cc4)n3)c(=O)c2n1C. The Labute approximate surface area is 149 Å². The van der Waals surface area contributed by atoms with Crippen LogP contribution in [-0.2, 0) is 13.6 Å². The lowest BCUT2D eigenvalue weighted by Gasteiger charge is -2.05. The van der Waals surface area contributed by atoms with Gasteiger partial charge in [-0.2, -0.15) is 5.10 Å². The Morgan fingerprint density at radius 1 is 1.08 bits per heavy atom. The lowest BCUT2D eigenvalue weighted by molar-refractivity contribution is 0.720. The summed E-state index contributed by atoms with van der Waals surface area (Å²) in [6, 6.07) is 13.4. The number of aromatic nitrogens is 4. The van der Waals surface area contributed by atoms with Crippen LogP contribution in [0.2, 0.25) is 5.02 Å². The molecule has 1 aromatic carbocycles. The molecule has 3 heterocycles. The number of rotatable bonds is 3. The minimum Gasteiger partial charge on any atom is -0.343 e. The van der Waals surface area contributed by atoms with Crippen molar-refractivity contribution < 1.29 is 0 Å². The van der Waals surface area contributed by atoms with Crippen LogP contribution < -0.4 is 5.56 Å². The number of nitrogens with zero attached hydrogens (tertiary/aromatic N) is 4. The molecule has 0 amide bonds. The molecule has 3 aromatic heterocycles. The smallest absolute Gasteiger partial charge is 0.275 e. The highest BCUT2D eigenvalue weighted by molar-refractivity contribution is 6.30. The maximum Gasteiger partial charge on any atom is 0.275 e. The summed E-state index contributed by atoms with van der Waals surface area (Å²) in [7, 11) is 1.92. The Morgan fingerprint density at radius 3 is 2.60 bits per heavy atom. The Bertz CT molecular complexity index is 1120. The average Bonchev–Trinajstić information content (AvgIpc) is 3.17. The van der Waals surface area contributed by atoms with E-state index in [-0.39, 0.29) is 5.56 Å². The Hall–Kier alpha value is -2.79. The highest BCUT2D eigenvalue weighted by atomic mass is 35.5. The van der Waals surface area contributed by atoms with E-state index in [2.05, 4.69) is 5.10 Å². The van der Waals surface area contributed by atoms with E-state index in [0.29, 0.717) is 11.6 Å². The van der Waals surface area contributed by atoms with Gasteiger partial charge in [0.1, 0.15) is 5.52 Å². The average molecular weight is 353 g/mol. The fourth-order valence-electron chi connectivity index (χ4n) is 3.01. The van der Waals surface area contributed by atoms with Gasteiger partial charge in [-0.05, 0) is 49.4 Å². The van der Waals surface area contributed by atoms with E-state index in [1.54, 1.807) is 9.25 Å². The summed E-state index contributed by atoms with van der Waals surface area (Å²) in [5.41, 5.74) is 3.53. The minimum absolute atomic E-state index is 0.00542. The second kappa shape index (κ2) is 5.93. The summed E-state index contributed by atoms with van der Waals surface area (Å²) in [5.74, 6) is 0. The monoisotopic (exact) mass is 352 g/mol. The summed E-state index contributed by atoms with van der Waals surface area (Å²) >= 11 is 5.92. The van der Waals surface area contributed by atoms with Crippen LogP contribution in [0.15, 0.2) is 59.7 Å². The Balaban J connectivity index is 1.68. The van der Waals surface area contributed by atoms with Crippen LogP contribution in [0.25, 0.3) is 16.6 Å². The van der Waals surface area contributed by atoms with Crippen molar-refractivity contribution in [3.8, 4) is 5.69 Å². The maximum atomic E-state index is 12.8. The quantitative estimate of drug-likeness (QED) is 0.566. The van der Waals surface area contributed by atoms with Crippen LogP contribution in [0.1, 0.15) is 11.4 Å². The zero-order valence-electron chi connectivity index (χ0n) is 14.0. The largest absolute Gasteiger partial charge is 0.343 e. The van der Waals surface area contributed by atoms with Crippen molar-refractivity contribution in [2.45, 2.75) is 13.5 Å². The first kappa shape index (κ1) is 15.7. The minimum atomic E-state index is -0.00542. The van der Waals surface area contributed by atoms with Gasteiger partial charge in [0, 0.05) is 35.5 Å². The van der Waals surface area contributed by atoms with Crippen LogP contribution in [0.3, 0.4) is 0 Å². The van der Waals surface area contributed by atoms with E-state index in [0.717, 1.165) is 28.0 Å². The summed E-state index contributed by atoms with van der Waals surface area (Å²) in [6.07, 6.45) is 3.71. The summed E-state index contributed by atoms with van der Waals surface area (Å²) in [6.45, 7) is 2.43. The first-order chi connectivity index (χ1) is 12.0. The van der Waals surface area contributed by atoms with Gasteiger partial charge < -0.3 is 9.13 Å². The molecule has 6 heteroatoms. The molecule has 0 radical (unpaired) electrons. The predicted octanol–water partition coefficient (Wildman–Crippen LogP) is 3.54. The molecular weight excluding hydrogens is 336 g/mol. The molecular formula is C19H17ClN4O. The van der Waals surface area contributed by atoms with Gasteiger partial charge in [0.25, 0.3) is 5.56 Å². The molecule has 0 spiro atoms. The molecule has 25 heavy (non-hydrogen) atoms. The molecule has 0 aliphatic carbocycles. The zero-order valence-corrected chi connectivity index (χ0v) is 14.7. The number of hydrogen-bond donors (Lipinski definition) is 0. The standard InChI is InChI=1S/C19H17ClN4O/c1-13-11-14-7-9-23(19(25)18(14)22(13)2)12-16-8-10-24(21-16)17-5-3-15(20)4-6-17/h3-11H,12H2,1-2H3. The van der Waals surface area contributed by atoms with Crippen molar-refractivity contribution in [1.29, 1.82) is 0 Å². The van der Waals surface area contributed by atoms with E-state index >= 15 is 0 Å². The van der Waals surface area contributed by atoms with E-state index in [1.807, 2.05) is 73.4 Å². The molecule has 5 nitrogen and oxygen atoms in total. The summed E-state index contributed by atoms with van der Waals surface area (Å²) in [5, 5.41) is 6.22. The second-order valence-corrected chi connectivity index (χ2v) is 6.56. The van der Waals surface area contributed by atoms with Gasteiger partial charge in [-0.1, -0.05) is 11.6 Å². The van der Waals surface area contributed by atoms with Crippen molar-refractivity contribution in [1.82, 2.24) is 18.9 Å². The van der Waals surface area contributed by atoms with E-state index in [4.69, 9.17) is 11.6 Å². The van der Waals surface area contributed by atoms with Gasteiger partial charge >= 0.3 is 0 Å². The van der Waals surface area contributed by atoms with Gasteiger partial charge in [-0.25, -0.2) is 4.68 Å². The Kier molecular flexibility index (Phi) is 3.73. The normalized spacial score (nSPS) is 11.3. The molecule has 0 unspecified atom stereocenters. The van der Waals surface area contributed by atoms with Crippen LogP contribution in [0.4, 0.5) is 0 Å². The number of hydrogen-bond acceptors (Lipinski definition) is 2. The third kappa shape index (κ3) is 2.76. The third-order valence-electron chi connectivity index (χ3n) is 4.47. The summed E-state index contributed by atoms with van der Waals surface area (Å²) in [4.78, 5) is 12.8. The van der Waals surface area contributed by atoms with Gasteiger partial charge in [0.15, 0.2) is 0 Å². The number of fused-ring (bicyclic) bond motifs is 1. The molecule has 4 aromatic rings. The molecule has 0 saturated carbocycles. The molecule has 0 fully saturated rings. The van der Waals surface area contributed by atoms with Crippen LogP contribution >= 0.6 is 11.6 Å². The zero-order chi connectivity index (χ0) is 17.6. The highest BCUT2D eigenvalue weighted by Crippen LogP contribution is 2.15.